The van der Waals surface area contributed by atoms with Gasteiger partial charge in [-0.05, 0) is 30.0 Å². The fraction of sp³-hybridized carbons (Fsp3) is 0.174. The molecule has 0 radical (unpaired) electrons. The van der Waals surface area contributed by atoms with Gasteiger partial charge in [0.15, 0.2) is 17.3 Å². The van der Waals surface area contributed by atoms with Crippen molar-refractivity contribution in [3.8, 4) is 11.5 Å². The lowest BCUT2D eigenvalue weighted by Crippen LogP contribution is -2.23. The number of amides is 1. The fourth-order valence-corrected chi connectivity index (χ4v) is 3.63. The molecule has 1 N–H and O–H groups in total. The molecule has 140 valence electrons. The van der Waals surface area contributed by atoms with Gasteiger partial charge in [-0.15, -0.1) is 0 Å². The molecule has 5 rings (SSSR count). The minimum absolute atomic E-state index is 0.229. The van der Waals surface area contributed by atoms with Crippen LogP contribution in [0.5, 0.6) is 11.5 Å². The van der Waals surface area contributed by atoms with Crippen LogP contribution < -0.4 is 14.8 Å². The van der Waals surface area contributed by atoms with Crippen molar-refractivity contribution in [3.05, 3.63) is 71.5 Å². The zero-order valence-electron chi connectivity index (χ0n) is 15.5. The summed E-state index contributed by atoms with van der Waals surface area (Å²) < 4.78 is 17.1. The lowest BCUT2D eigenvalue weighted by Gasteiger charge is -2.18. The summed E-state index contributed by atoms with van der Waals surface area (Å²) in [6.45, 7) is 3.39. The Balaban J connectivity index is 1.41. The molecular weight excluding hydrogens is 354 g/mol. The number of nitrogens with one attached hydrogen (secondary N) is 1. The highest BCUT2D eigenvalue weighted by Crippen LogP contribution is 2.32. The first kappa shape index (κ1) is 16.7. The number of carbonyl (C=O) groups is 1. The Bertz CT molecular complexity index is 1210. The molecule has 3 aromatic carbocycles. The van der Waals surface area contributed by atoms with E-state index < -0.39 is 0 Å². The third-order valence-corrected chi connectivity index (χ3v) is 5.09. The summed E-state index contributed by atoms with van der Waals surface area (Å²) >= 11 is 0. The summed E-state index contributed by atoms with van der Waals surface area (Å²) in [6, 6.07) is 17.8. The van der Waals surface area contributed by atoms with E-state index in [2.05, 4.69) is 11.4 Å². The molecule has 1 amide bonds. The third-order valence-electron chi connectivity index (χ3n) is 5.09. The zero-order chi connectivity index (χ0) is 19.1. The number of fused-ring (bicyclic) bond motifs is 4. The van der Waals surface area contributed by atoms with E-state index in [1.807, 2.05) is 55.5 Å². The largest absolute Gasteiger partial charge is 0.486 e. The average molecular weight is 373 g/mol. The second-order valence-corrected chi connectivity index (χ2v) is 6.88. The molecule has 28 heavy (non-hydrogen) atoms. The first-order chi connectivity index (χ1) is 13.7. The van der Waals surface area contributed by atoms with Gasteiger partial charge >= 0.3 is 0 Å². The van der Waals surface area contributed by atoms with Gasteiger partial charge in [-0.3, -0.25) is 4.79 Å². The molecular formula is C23H19NO4. The number of carbonyl (C=O) groups excluding carboxylic acids is 1. The summed E-state index contributed by atoms with van der Waals surface area (Å²) in [5.41, 5.74) is 2.54. The number of furan rings is 1. The third kappa shape index (κ3) is 2.76. The number of hydrogen-bond acceptors (Lipinski definition) is 4. The second-order valence-electron chi connectivity index (χ2n) is 6.88. The van der Waals surface area contributed by atoms with Gasteiger partial charge in [0.1, 0.15) is 18.8 Å². The van der Waals surface area contributed by atoms with Crippen molar-refractivity contribution in [2.24, 2.45) is 0 Å². The normalized spacial score (nSPS) is 13.0. The quantitative estimate of drug-likeness (QED) is 0.570. The molecule has 0 atom stereocenters. The molecule has 0 spiro atoms. The maximum Gasteiger partial charge on any atom is 0.287 e. The summed E-state index contributed by atoms with van der Waals surface area (Å²) in [5.74, 6) is 1.57. The summed E-state index contributed by atoms with van der Waals surface area (Å²) in [6.07, 6.45) is 0. The Morgan fingerprint density at radius 2 is 1.79 bits per heavy atom. The smallest absolute Gasteiger partial charge is 0.287 e. The molecule has 5 nitrogen and oxygen atoms in total. The van der Waals surface area contributed by atoms with Crippen LogP contribution in [0.1, 0.15) is 21.7 Å². The SMILES string of the molecule is Cc1c(C(=O)NCc2ccc3c(c2)OCCO3)oc2c1ccc1ccccc12. The van der Waals surface area contributed by atoms with Crippen molar-refractivity contribution in [2.45, 2.75) is 13.5 Å². The lowest BCUT2D eigenvalue weighted by atomic mass is 10.1. The molecule has 0 saturated carbocycles. The first-order valence-electron chi connectivity index (χ1n) is 9.28. The monoisotopic (exact) mass is 373 g/mol. The number of aryl methyl sites for hydroxylation is 1. The van der Waals surface area contributed by atoms with E-state index in [1.54, 1.807) is 0 Å². The fourth-order valence-electron chi connectivity index (χ4n) is 3.63. The Kier molecular flexibility index (Phi) is 3.93. The average Bonchev–Trinajstić information content (AvgIpc) is 3.09. The van der Waals surface area contributed by atoms with Crippen LogP contribution >= 0.6 is 0 Å². The molecule has 1 aliphatic rings. The molecule has 1 aliphatic heterocycles. The molecule has 0 bridgehead atoms. The predicted octanol–water partition coefficient (Wildman–Crippen LogP) is 4.60. The molecule has 1 aromatic heterocycles. The van der Waals surface area contributed by atoms with Crippen molar-refractivity contribution in [3.63, 3.8) is 0 Å². The Morgan fingerprint density at radius 3 is 2.68 bits per heavy atom. The van der Waals surface area contributed by atoms with Crippen molar-refractivity contribution in [2.75, 3.05) is 13.2 Å². The van der Waals surface area contributed by atoms with Crippen LogP contribution in [-0.2, 0) is 6.54 Å². The maximum atomic E-state index is 12.8. The Labute approximate surface area is 161 Å². The molecule has 0 unspecified atom stereocenters. The van der Waals surface area contributed by atoms with Crippen LogP contribution in [0.25, 0.3) is 21.7 Å². The summed E-state index contributed by atoms with van der Waals surface area (Å²) in [4.78, 5) is 12.8. The highest BCUT2D eigenvalue weighted by atomic mass is 16.6. The standard InChI is InChI=1S/C23H19NO4/c1-14-17-8-7-16-4-2-3-5-18(16)22(17)28-21(14)23(25)24-13-15-6-9-19-20(12-15)27-11-10-26-19/h2-9,12H,10-11,13H2,1H3,(H,24,25). The first-order valence-corrected chi connectivity index (χ1v) is 9.28. The number of rotatable bonds is 3. The molecule has 5 heteroatoms. The zero-order valence-corrected chi connectivity index (χ0v) is 15.5. The van der Waals surface area contributed by atoms with Gasteiger partial charge in [0, 0.05) is 22.9 Å². The lowest BCUT2D eigenvalue weighted by molar-refractivity contribution is 0.0924. The van der Waals surface area contributed by atoms with Crippen molar-refractivity contribution in [1.82, 2.24) is 5.32 Å². The molecule has 4 aromatic rings. The second kappa shape index (κ2) is 6.60. The van der Waals surface area contributed by atoms with Crippen LogP contribution in [-0.4, -0.2) is 19.1 Å². The predicted molar refractivity (Wildman–Crippen MR) is 107 cm³/mol. The van der Waals surface area contributed by atoms with Crippen molar-refractivity contribution in [1.29, 1.82) is 0 Å². The number of ether oxygens (including phenoxy) is 2. The Hall–Kier alpha value is -3.47. The van der Waals surface area contributed by atoms with Crippen LogP contribution in [0.4, 0.5) is 0 Å². The van der Waals surface area contributed by atoms with Crippen LogP contribution in [0.2, 0.25) is 0 Å². The van der Waals surface area contributed by atoms with E-state index in [0.717, 1.165) is 38.6 Å². The number of hydrogen-bond donors (Lipinski definition) is 1. The molecule has 0 saturated heterocycles. The van der Waals surface area contributed by atoms with Gasteiger partial charge < -0.3 is 19.2 Å². The van der Waals surface area contributed by atoms with Gasteiger partial charge in [-0.2, -0.15) is 0 Å². The highest BCUT2D eigenvalue weighted by Gasteiger charge is 2.19. The molecule has 0 aliphatic carbocycles. The highest BCUT2D eigenvalue weighted by molar-refractivity contribution is 6.08. The van der Waals surface area contributed by atoms with Gasteiger partial charge in [0.05, 0.1) is 0 Å². The van der Waals surface area contributed by atoms with E-state index in [4.69, 9.17) is 13.9 Å². The van der Waals surface area contributed by atoms with Crippen LogP contribution in [0.15, 0.2) is 59.0 Å². The topological polar surface area (TPSA) is 60.7 Å². The van der Waals surface area contributed by atoms with E-state index in [1.165, 1.54) is 0 Å². The van der Waals surface area contributed by atoms with E-state index in [9.17, 15) is 4.79 Å². The van der Waals surface area contributed by atoms with Crippen molar-refractivity contribution < 1.29 is 18.7 Å². The summed E-state index contributed by atoms with van der Waals surface area (Å²) in [5, 5.41) is 6.00. The van der Waals surface area contributed by atoms with E-state index >= 15 is 0 Å². The van der Waals surface area contributed by atoms with Crippen molar-refractivity contribution >= 4 is 27.6 Å². The maximum absolute atomic E-state index is 12.8. The van der Waals surface area contributed by atoms with Gasteiger partial charge in [-0.25, -0.2) is 0 Å². The van der Waals surface area contributed by atoms with Gasteiger partial charge in [-0.1, -0.05) is 42.5 Å². The number of benzene rings is 3. The summed E-state index contributed by atoms with van der Waals surface area (Å²) in [7, 11) is 0. The van der Waals surface area contributed by atoms with E-state index in [-0.39, 0.29) is 5.91 Å². The minimum atomic E-state index is -0.229. The molecule has 2 heterocycles. The Morgan fingerprint density at radius 1 is 0.964 bits per heavy atom. The van der Waals surface area contributed by atoms with Crippen LogP contribution in [0, 0.1) is 6.92 Å². The van der Waals surface area contributed by atoms with Crippen LogP contribution in [0.3, 0.4) is 0 Å². The van der Waals surface area contributed by atoms with Gasteiger partial charge in [0.2, 0.25) is 0 Å². The van der Waals surface area contributed by atoms with Gasteiger partial charge in [0.25, 0.3) is 5.91 Å². The minimum Gasteiger partial charge on any atom is -0.486 e. The van der Waals surface area contributed by atoms with E-state index in [0.29, 0.717) is 31.3 Å². The molecule has 0 fully saturated rings.